The van der Waals surface area contributed by atoms with Crippen LogP contribution in [0.2, 0.25) is 0 Å². The van der Waals surface area contributed by atoms with Crippen molar-refractivity contribution in [1.82, 2.24) is 25.0 Å². The van der Waals surface area contributed by atoms with Gasteiger partial charge < -0.3 is 10.6 Å². The third-order valence-electron chi connectivity index (χ3n) is 5.71. The van der Waals surface area contributed by atoms with E-state index in [-0.39, 0.29) is 17.9 Å². The molecule has 30 heavy (non-hydrogen) atoms. The molecule has 2 aromatic heterocycles. The zero-order valence-electron chi connectivity index (χ0n) is 17.4. The highest BCUT2D eigenvalue weighted by molar-refractivity contribution is 6.10. The summed E-state index contributed by atoms with van der Waals surface area (Å²) in [5, 5.41) is 9.77. The van der Waals surface area contributed by atoms with E-state index in [9.17, 15) is 14.4 Å². The molecule has 0 aromatic carbocycles. The van der Waals surface area contributed by atoms with E-state index in [2.05, 4.69) is 41.5 Å². The van der Waals surface area contributed by atoms with Crippen LogP contribution in [0, 0.1) is 11.3 Å². The minimum atomic E-state index is -0.924. The maximum atomic E-state index is 13.2. The van der Waals surface area contributed by atoms with Gasteiger partial charge in [-0.1, -0.05) is 20.8 Å². The second-order valence-electron chi connectivity index (χ2n) is 9.13. The van der Waals surface area contributed by atoms with Crippen molar-refractivity contribution < 1.29 is 14.4 Å². The van der Waals surface area contributed by atoms with Crippen molar-refractivity contribution in [2.75, 3.05) is 11.9 Å². The maximum absolute atomic E-state index is 13.2. The van der Waals surface area contributed by atoms with Gasteiger partial charge in [-0.05, 0) is 48.8 Å². The molecule has 158 valence electrons. The first-order valence-electron chi connectivity index (χ1n) is 10.1. The van der Waals surface area contributed by atoms with Crippen LogP contribution in [0.4, 0.5) is 10.5 Å². The largest absolute Gasteiger partial charge is 0.325 e. The lowest BCUT2D eigenvalue weighted by Crippen LogP contribution is -2.54. The van der Waals surface area contributed by atoms with Crippen molar-refractivity contribution in [2.45, 2.75) is 45.6 Å². The van der Waals surface area contributed by atoms with Crippen LogP contribution in [0.1, 0.15) is 40.0 Å². The summed E-state index contributed by atoms with van der Waals surface area (Å²) < 4.78 is 1.53. The first kappa shape index (κ1) is 20.1. The SMILES string of the molecule is C[C@H]1CC(C)(C)C[C@@]2(C1)NC(=O)N(CC(=O)Nc1cccnc1-n1cccn1)C2=O. The molecular weight excluding hydrogens is 384 g/mol. The predicted molar refractivity (Wildman–Crippen MR) is 110 cm³/mol. The number of anilines is 1. The van der Waals surface area contributed by atoms with E-state index in [1.165, 1.54) is 4.68 Å². The lowest BCUT2D eigenvalue weighted by atomic mass is 9.64. The average molecular weight is 410 g/mol. The van der Waals surface area contributed by atoms with Gasteiger partial charge in [-0.25, -0.2) is 14.5 Å². The summed E-state index contributed by atoms with van der Waals surface area (Å²) >= 11 is 0. The van der Waals surface area contributed by atoms with E-state index in [1.54, 1.807) is 36.8 Å². The molecule has 2 N–H and O–H groups in total. The van der Waals surface area contributed by atoms with Gasteiger partial charge in [0.25, 0.3) is 5.91 Å². The van der Waals surface area contributed by atoms with E-state index >= 15 is 0 Å². The molecule has 0 unspecified atom stereocenters. The molecule has 0 radical (unpaired) electrons. The number of hydrogen-bond acceptors (Lipinski definition) is 5. The van der Waals surface area contributed by atoms with Gasteiger partial charge in [0, 0.05) is 18.6 Å². The third kappa shape index (κ3) is 3.67. The quantitative estimate of drug-likeness (QED) is 0.752. The van der Waals surface area contributed by atoms with Gasteiger partial charge in [0.15, 0.2) is 5.82 Å². The fourth-order valence-corrected chi connectivity index (χ4v) is 5.05. The molecule has 2 atom stereocenters. The highest BCUT2D eigenvalue weighted by Gasteiger charge is 2.56. The second-order valence-corrected chi connectivity index (χ2v) is 9.13. The number of aromatic nitrogens is 3. The second kappa shape index (κ2) is 7.23. The highest BCUT2D eigenvalue weighted by Crippen LogP contribution is 2.46. The first-order chi connectivity index (χ1) is 14.2. The maximum Gasteiger partial charge on any atom is 0.325 e. The molecule has 9 heteroatoms. The monoisotopic (exact) mass is 410 g/mol. The van der Waals surface area contributed by atoms with E-state index in [4.69, 9.17) is 0 Å². The Kier molecular flexibility index (Phi) is 4.83. The fraction of sp³-hybridized carbons (Fsp3) is 0.476. The third-order valence-corrected chi connectivity index (χ3v) is 5.71. The molecule has 2 aromatic rings. The van der Waals surface area contributed by atoms with Crippen LogP contribution in [0.3, 0.4) is 0 Å². The van der Waals surface area contributed by atoms with Crippen LogP contribution in [0.25, 0.3) is 5.82 Å². The zero-order valence-corrected chi connectivity index (χ0v) is 17.4. The number of nitrogens with zero attached hydrogens (tertiary/aromatic N) is 4. The number of rotatable bonds is 4. The minimum absolute atomic E-state index is 0.0623. The normalized spacial score (nSPS) is 25.4. The van der Waals surface area contributed by atoms with Crippen LogP contribution < -0.4 is 10.6 Å². The molecule has 1 aliphatic heterocycles. The van der Waals surface area contributed by atoms with Crippen molar-refractivity contribution in [1.29, 1.82) is 0 Å². The van der Waals surface area contributed by atoms with Crippen LogP contribution in [-0.2, 0) is 9.59 Å². The van der Waals surface area contributed by atoms with Crippen molar-refractivity contribution in [3.05, 3.63) is 36.8 Å². The zero-order chi connectivity index (χ0) is 21.5. The Morgan fingerprint density at radius 1 is 1.27 bits per heavy atom. The number of urea groups is 1. The standard InChI is InChI=1S/C21H26N6O3/c1-14-10-20(2,3)13-21(11-14)18(29)26(19(30)25-21)12-16(28)24-15-6-4-7-22-17(15)27-9-5-8-23-27/h4-9,14H,10-13H2,1-3H3,(H,24,28)(H,25,30)/t14-,21+/m0/s1. The molecule has 1 saturated carbocycles. The molecule has 1 saturated heterocycles. The van der Waals surface area contributed by atoms with Crippen LogP contribution >= 0.6 is 0 Å². The summed E-state index contributed by atoms with van der Waals surface area (Å²) in [7, 11) is 0. The van der Waals surface area contributed by atoms with Gasteiger partial charge in [0.05, 0.1) is 5.69 Å². The molecule has 2 aliphatic rings. The molecule has 4 rings (SSSR count). The Hall–Kier alpha value is -3.23. The van der Waals surface area contributed by atoms with E-state index in [1.807, 2.05) is 0 Å². The van der Waals surface area contributed by atoms with Gasteiger partial charge in [-0.15, -0.1) is 0 Å². The lowest BCUT2D eigenvalue weighted by Gasteiger charge is -2.43. The number of pyridine rings is 1. The average Bonchev–Trinajstić information content (AvgIpc) is 3.24. The molecule has 3 heterocycles. The Labute approximate surface area is 174 Å². The number of nitrogens with one attached hydrogen (secondary N) is 2. The number of imide groups is 1. The summed E-state index contributed by atoms with van der Waals surface area (Å²) in [6.45, 7) is 5.96. The summed E-state index contributed by atoms with van der Waals surface area (Å²) in [4.78, 5) is 43.8. The number of amides is 4. The number of carbonyl (C=O) groups is 3. The van der Waals surface area contributed by atoms with Gasteiger partial charge in [0.1, 0.15) is 12.1 Å². The van der Waals surface area contributed by atoms with Crippen molar-refractivity contribution in [3.8, 4) is 5.82 Å². The fourth-order valence-electron chi connectivity index (χ4n) is 5.05. The van der Waals surface area contributed by atoms with Crippen LogP contribution in [-0.4, -0.2) is 49.6 Å². The first-order valence-corrected chi connectivity index (χ1v) is 10.1. The number of carbonyl (C=O) groups excluding carboxylic acids is 3. The van der Waals surface area contributed by atoms with Crippen molar-refractivity contribution in [3.63, 3.8) is 0 Å². The van der Waals surface area contributed by atoms with Gasteiger partial charge in [-0.3, -0.25) is 14.5 Å². The van der Waals surface area contributed by atoms with E-state index in [0.29, 0.717) is 30.3 Å². The minimum Gasteiger partial charge on any atom is -0.323 e. The van der Waals surface area contributed by atoms with Gasteiger partial charge in [0.2, 0.25) is 5.91 Å². The molecule has 2 fully saturated rings. The van der Waals surface area contributed by atoms with Crippen molar-refractivity contribution in [2.24, 2.45) is 11.3 Å². The number of hydrogen-bond donors (Lipinski definition) is 2. The lowest BCUT2D eigenvalue weighted by molar-refractivity contribution is -0.136. The van der Waals surface area contributed by atoms with Gasteiger partial charge in [-0.2, -0.15) is 5.10 Å². The Bertz CT molecular complexity index is 986. The molecule has 1 aliphatic carbocycles. The smallest absolute Gasteiger partial charge is 0.323 e. The summed E-state index contributed by atoms with van der Waals surface area (Å²) in [5.41, 5.74) is -0.541. The highest BCUT2D eigenvalue weighted by atomic mass is 16.2. The molecule has 0 bridgehead atoms. The topological polar surface area (TPSA) is 109 Å². The molecular formula is C21H26N6O3. The van der Waals surface area contributed by atoms with Crippen molar-refractivity contribution >= 4 is 23.5 Å². The summed E-state index contributed by atoms with van der Waals surface area (Å²) in [5.74, 6) is -0.0352. The van der Waals surface area contributed by atoms with Crippen LogP contribution in [0.5, 0.6) is 0 Å². The summed E-state index contributed by atoms with van der Waals surface area (Å²) in [6, 6.07) is 4.62. The van der Waals surface area contributed by atoms with Crippen LogP contribution in [0.15, 0.2) is 36.8 Å². The summed E-state index contributed by atoms with van der Waals surface area (Å²) in [6.07, 6.45) is 7.07. The van der Waals surface area contributed by atoms with E-state index in [0.717, 1.165) is 11.3 Å². The molecule has 1 spiro atoms. The molecule has 9 nitrogen and oxygen atoms in total. The molecule has 4 amide bonds. The predicted octanol–water partition coefficient (Wildman–Crippen LogP) is 2.34. The van der Waals surface area contributed by atoms with E-state index < -0.39 is 17.5 Å². The Morgan fingerprint density at radius 2 is 2.07 bits per heavy atom. The Morgan fingerprint density at radius 3 is 2.77 bits per heavy atom. The van der Waals surface area contributed by atoms with Gasteiger partial charge >= 0.3 is 6.03 Å². The Balaban J connectivity index is 1.50.